The Bertz CT molecular complexity index is 442. The fourth-order valence-electron chi connectivity index (χ4n) is 4.77. The van der Waals surface area contributed by atoms with E-state index in [0.717, 1.165) is 25.7 Å². The van der Waals surface area contributed by atoms with Crippen molar-refractivity contribution in [3.63, 3.8) is 0 Å². The number of hydrogen-bond donors (Lipinski definition) is 1. The van der Waals surface area contributed by atoms with E-state index in [9.17, 15) is 14.7 Å². The van der Waals surface area contributed by atoms with E-state index in [2.05, 4.69) is 0 Å². The molecular weight excluding hydrogens is 260 g/mol. The Kier molecular flexibility index (Phi) is 2.81. The van der Waals surface area contributed by atoms with Crippen LogP contribution in [0.1, 0.15) is 38.5 Å². The number of carbonyl (C=O) groups is 2. The smallest absolute Gasteiger partial charge is 0.310 e. The van der Waals surface area contributed by atoms with Gasteiger partial charge in [-0.1, -0.05) is 6.42 Å². The minimum atomic E-state index is -0.688. The van der Waals surface area contributed by atoms with Crippen LogP contribution in [0, 0.1) is 23.7 Å². The zero-order valence-corrected chi connectivity index (χ0v) is 11.4. The van der Waals surface area contributed by atoms with Gasteiger partial charge in [0.2, 0.25) is 0 Å². The van der Waals surface area contributed by atoms with Gasteiger partial charge in [0.25, 0.3) is 0 Å². The number of carbonyl (C=O) groups excluding carboxylic acids is 2. The van der Waals surface area contributed by atoms with E-state index >= 15 is 0 Å². The predicted molar refractivity (Wildman–Crippen MR) is 67.4 cm³/mol. The van der Waals surface area contributed by atoms with Gasteiger partial charge in [-0.05, 0) is 32.1 Å². The van der Waals surface area contributed by atoms with E-state index in [1.807, 2.05) is 0 Å². The summed E-state index contributed by atoms with van der Waals surface area (Å²) in [7, 11) is 0. The van der Waals surface area contributed by atoms with Crippen molar-refractivity contribution in [1.82, 2.24) is 0 Å². The van der Waals surface area contributed by atoms with Gasteiger partial charge in [-0.3, -0.25) is 9.59 Å². The Labute approximate surface area is 117 Å². The highest BCUT2D eigenvalue weighted by Crippen LogP contribution is 2.58. The SMILES string of the molecule is O=C(OC1CCCCC1)C1C2CC3C(OC(=O)C31)C2O. The van der Waals surface area contributed by atoms with Crippen LogP contribution in [-0.4, -0.2) is 35.4 Å². The molecule has 3 aliphatic carbocycles. The predicted octanol–water partition coefficient (Wildman–Crippen LogP) is 1.03. The summed E-state index contributed by atoms with van der Waals surface area (Å²) >= 11 is 0. The molecular formula is C15H20O5. The molecule has 3 saturated carbocycles. The Morgan fingerprint density at radius 2 is 1.95 bits per heavy atom. The molecule has 5 heteroatoms. The average molecular weight is 280 g/mol. The molecule has 0 aromatic carbocycles. The molecule has 1 N–H and O–H groups in total. The van der Waals surface area contributed by atoms with Crippen LogP contribution in [0.3, 0.4) is 0 Å². The first-order chi connectivity index (χ1) is 9.66. The minimum absolute atomic E-state index is 0.000685. The van der Waals surface area contributed by atoms with Crippen molar-refractivity contribution >= 4 is 11.9 Å². The van der Waals surface area contributed by atoms with Crippen molar-refractivity contribution in [3.05, 3.63) is 0 Å². The van der Waals surface area contributed by atoms with Crippen LogP contribution in [0.4, 0.5) is 0 Å². The van der Waals surface area contributed by atoms with E-state index in [0.29, 0.717) is 6.42 Å². The van der Waals surface area contributed by atoms with Crippen molar-refractivity contribution in [2.45, 2.75) is 56.8 Å². The lowest BCUT2D eigenvalue weighted by Gasteiger charge is -2.29. The first kappa shape index (κ1) is 12.6. The lowest BCUT2D eigenvalue weighted by molar-refractivity contribution is -0.162. The molecule has 6 atom stereocenters. The summed E-state index contributed by atoms with van der Waals surface area (Å²) in [5, 5.41) is 10.2. The van der Waals surface area contributed by atoms with Crippen LogP contribution in [-0.2, 0) is 19.1 Å². The summed E-state index contributed by atoms with van der Waals surface area (Å²) in [4.78, 5) is 24.3. The van der Waals surface area contributed by atoms with E-state index in [1.165, 1.54) is 6.42 Å². The molecule has 4 fully saturated rings. The molecule has 2 bridgehead atoms. The van der Waals surface area contributed by atoms with Crippen LogP contribution < -0.4 is 0 Å². The van der Waals surface area contributed by atoms with Crippen LogP contribution in [0.2, 0.25) is 0 Å². The Morgan fingerprint density at radius 3 is 2.70 bits per heavy atom. The third-order valence-corrected chi connectivity index (χ3v) is 5.68. The van der Waals surface area contributed by atoms with Gasteiger partial charge in [0.15, 0.2) is 0 Å². The van der Waals surface area contributed by atoms with Gasteiger partial charge in [0.05, 0.1) is 17.9 Å². The zero-order chi connectivity index (χ0) is 13.9. The molecule has 0 spiro atoms. The molecule has 110 valence electrons. The summed E-state index contributed by atoms with van der Waals surface area (Å²) in [6, 6.07) is 0. The number of aliphatic hydroxyl groups excluding tert-OH is 1. The van der Waals surface area contributed by atoms with Gasteiger partial charge in [0, 0.05) is 11.8 Å². The zero-order valence-electron chi connectivity index (χ0n) is 11.4. The van der Waals surface area contributed by atoms with E-state index in [-0.39, 0.29) is 41.9 Å². The second kappa shape index (κ2) is 4.45. The maximum absolute atomic E-state index is 12.4. The van der Waals surface area contributed by atoms with Crippen molar-refractivity contribution in [3.8, 4) is 0 Å². The van der Waals surface area contributed by atoms with E-state index in [1.54, 1.807) is 0 Å². The highest BCUT2D eigenvalue weighted by Gasteiger charge is 2.68. The van der Waals surface area contributed by atoms with Crippen LogP contribution in [0.5, 0.6) is 0 Å². The summed E-state index contributed by atoms with van der Waals surface area (Å²) in [5.41, 5.74) is 0. The van der Waals surface area contributed by atoms with Gasteiger partial charge in [0.1, 0.15) is 12.2 Å². The number of ether oxygens (including phenoxy) is 2. The second-order valence-corrected chi connectivity index (χ2v) is 6.70. The summed E-state index contributed by atoms with van der Waals surface area (Å²) < 4.78 is 10.8. The van der Waals surface area contributed by atoms with Crippen molar-refractivity contribution < 1.29 is 24.2 Å². The summed E-state index contributed by atoms with van der Waals surface area (Å²) in [5.74, 6) is -1.59. The van der Waals surface area contributed by atoms with Crippen molar-refractivity contribution in [2.75, 3.05) is 0 Å². The van der Waals surface area contributed by atoms with E-state index < -0.39 is 12.0 Å². The fourth-order valence-corrected chi connectivity index (χ4v) is 4.77. The fraction of sp³-hybridized carbons (Fsp3) is 0.867. The third-order valence-electron chi connectivity index (χ3n) is 5.68. The lowest BCUT2D eigenvalue weighted by atomic mass is 9.78. The monoisotopic (exact) mass is 280 g/mol. The van der Waals surface area contributed by atoms with Crippen LogP contribution in [0.15, 0.2) is 0 Å². The Hall–Kier alpha value is -1.10. The number of fused-ring (bicyclic) bond motifs is 1. The number of hydrogen-bond acceptors (Lipinski definition) is 5. The topological polar surface area (TPSA) is 72.8 Å². The summed E-state index contributed by atoms with van der Waals surface area (Å²) in [6.45, 7) is 0. The van der Waals surface area contributed by atoms with Crippen LogP contribution in [0.25, 0.3) is 0 Å². The normalized spacial score (nSPS) is 46.5. The van der Waals surface area contributed by atoms with Gasteiger partial charge < -0.3 is 14.6 Å². The Morgan fingerprint density at radius 1 is 1.20 bits per heavy atom. The third kappa shape index (κ3) is 1.65. The Balaban J connectivity index is 1.50. The second-order valence-electron chi connectivity index (χ2n) is 6.70. The molecule has 1 saturated heterocycles. The summed E-state index contributed by atoms with van der Waals surface area (Å²) in [6.07, 6.45) is 4.91. The van der Waals surface area contributed by atoms with E-state index in [4.69, 9.17) is 9.47 Å². The van der Waals surface area contributed by atoms with Gasteiger partial charge >= 0.3 is 11.9 Å². The standard InChI is InChI=1S/C15H20O5/c16-12-8-6-9-11(15(18)20-13(9)12)10(8)14(17)19-7-4-2-1-3-5-7/h7-13,16H,1-6H2. The average Bonchev–Trinajstić information content (AvgIpc) is 3.04. The molecule has 20 heavy (non-hydrogen) atoms. The number of esters is 2. The highest BCUT2D eigenvalue weighted by atomic mass is 16.6. The molecule has 0 radical (unpaired) electrons. The first-order valence-electron chi connectivity index (χ1n) is 7.76. The first-order valence-corrected chi connectivity index (χ1v) is 7.76. The molecule has 4 rings (SSSR count). The maximum atomic E-state index is 12.4. The molecule has 1 aliphatic heterocycles. The highest BCUT2D eigenvalue weighted by molar-refractivity contribution is 5.86. The quantitative estimate of drug-likeness (QED) is 0.765. The molecule has 0 amide bonds. The van der Waals surface area contributed by atoms with Gasteiger partial charge in [-0.2, -0.15) is 0 Å². The number of aliphatic hydroxyl groups is 1. The minimum Gasteiger partial charge on any atom is -0.462 e. The largest absolute Gasteiger partial charge is 0.462 e. The molecule has 0 aromatic heterocycles. The molecule has 5 nitrogen and oxygen atoms in total. The van der Waals surface area contributed by atoms with Crippen LogP contribution >= 0.6 is 0 Å². The number of rotatable bonds is 2. The molecule has 0 aromatic rings. The van der Waals surface area contributed by atoms with Gasteiger partial charge in [-0.25, -0.2) is 0 Å². The molecule has 4 aliphatic rings. The maximum Gasteiger partial charge on any atom is 0.310 e. The molecule has 6 unspecified atom stereocenters. The van der Waals surface area contributed by atoms with Gasteiger partial charge in [-0.15, -0.1) is 0 Å². The molecule has 1 heterocycles. The van der Waals surface area contributed by atoms with Crippen molar-refractivity contribution in [2.24, 2.45) is 23.7 Å². The lowest BCUT2D eigenvalue weighted by Crippen LogP contribution is -2.42. The van der Waals surface area contributed by atoms with Crippen molar-refractivity contribution in [1.29, 1.82) is 0 Å².